The van der Waals surface area contributed by atoms with Crippen LogP contribution in [-0.2, 0) is 0 Å². The topological polar surface area (TPSA) is 59.3 Å². The Morgan fingerprint density at radius 3 is 2.55 bits per heavy atom. The van der Waals surface area contributed by atoms with Gasteiger partial charge in [-0.05, 0) is 65.9 Å². The minimum absolute atomic E-state index is 0.154. The Morgan fingerprint density at radius 1 is 1.03 bits per heavy atom. The Hall–Kier alpha value is -2.20. The van der Waals surface area contributed by atoms with Crippen LogP contribution >= 0.6 is 34.5 Å². The standard InChI is InChI=1S/C21H20F2IN3OS/c1-3-29-27-16-5-4-6-19(12(16)2)28-20-10-13(22)9-18(21(20)25)26-17-8-7-14(24)11-15(17)23/h4-11,26-27H,3,25H2,1-2H3. The van der Waals surface area contributed by atoms with Crippen LogP contribution in [0, 0.1) is 22.1 Å². The average Bonchev–Trinajstić information content (AvgIpc) is 2.68. The van der Waals surface area contributed by atoms with Crippen LogP contribution in [0.5, 0.6) is 11.5 Å². The van der Waals surface area contributed by atoms with Crippen molar-refractivity contribution in [2.24, 2.45) is 0 Å². The summed E-state index contributed by atoms with van der Waals surface area (Å²) >= 11 is 3.58. The number of nitrogen functional groups attached to an aromatic ring is 1. The van der Waals surface area contributed by atoms with E-state index in [2.05, 4.69) is 10.0 Å². The van der Waals surface area contributed by atoms with Crippen LogP contribution in [0.4, 0.5) is 31.5 Å². The van der Waals surface area contributed by atoms with E-state index in [4.69, 9.17) is 10.5 Å². The zero-order chi connectivity index (χ0) is 21.0. The molecule has 0 unspecified atom stereocenters. The maximum Gasteiger partial charge on any atom is 0.155 e. The quantitative estimate of drug-likeness (QED) is 0.174. The van der Waals surface area contributed by atoms with Crippen LogP contribution < -0.4 is 20.5 Å². The van der Waals surface area contributed by atoms with E-state index in [9.17, 15) is 8.78 Å². The zero-order valence-electron chi connectivity index (χ0n) is 15.9. The van der Waals surface area contributed by atoms with Crippen molar-refractivity contribution in [2.45, 2.75) is 13.8 Å². The Bertz CT molecular complexity index is 1030. The molecule has 8 heteroatoms. The summed E-state index contributed by atoms with van der Waals surface area (Å²) in [5, 5.41) is 2.85. The molecule has 0 bridgehead atoms. The van der Waals surface area contributed by atoms with Crippen molar-refractivity contribution in [3.63, 3.8) is 0 Å². The molecule has 4 N–H and O–H groups in total. The van der Waals surface area contributed by atoms with Gasteiger partial charge in [-0.2, -0.15) is 0 Å². The second-order valence-corrected chi connectivity index (χ2v) is 8.50. The predicted molar refractivity (Wildman–Crippen MR) is 126 cm³/mol. The SMILES string of the molecule is CCSNc1cccc(Oc2cc(F)cc(Nc3ccc(I)cc3F)c2N)c1C. The first-order valence-corrected chi connectivity index (χ1v) is 10.9. The summed E-state index contributed by atoms with van der Waals surface area (Å²) in [4.78, 5) is 0. The van der Waals surface area contributed by atoms with Gasteiger partial charge in [0.2, 0.25) is 0 Å². The van der Waals surface area contributed by atoms with E-state index in [0.717, 1.165) is 20.6 Å². The maximum atomic E-state index is 14.2. The summed E-state index contributed by atoms with van der Waals surface area (Å²) in [7, 11) is 0. The second-order valence-electron chi connectivity index (χ2n) is 6.18. The molecule has 0 atom stereocenters. The van der Waals surface area contributed by atoms with Gasteiger partial charge in [0.05, 0.1) is 22.7 Å². The molecule has 0 aromatic heterocycles. The third kappa shape index (κ3) is 5.24. The highest BCUT2D eigenvalue weighted by Crippen LogP contribution is 2.38. The Balaban J connectivity index is 1.91. The molecule has 3 aromatic rings. The van der Waals surface area contributed by atoms with E-state index in [-0.39, 0.29) is 22.8 Å². The van der Waals surface area contributed by atoms with Gasteiger partial charge in [0.15, 0.2) is 5.75 Å². The molecule has 0 aliphatic rings. The number of hydrogen-bond donors (Lipinski definition) is 3. The lowest BCUT2D eigenvalue weighted by Gasteiger charge is -2.17. The number of hydrogen-bond acceptors (Lipinski definition) is 5. The largest absolute Gasteiger partial charge is 0.455 e. The van der Waals surface area contributed by atoms with Gasteiger partial charge in [-0.15, -0.1) is 0 Å². The maximum absolute atomic E-state index is 14.2. The minimum atomic E-state index is -0.545. The monoisotopic (exact) mass is 527 g/mol. The van der Waals surface area contributed by atoms with Gasteiger partial charge in [0, 0.05) is 21.0 Å². The highest BCUT2D eigenvalue weighted by Gasteiger charge is 2.14. The van der Waals surface area contributed by atoms with E-state index in [1.54, 1.807) is 30.1 Å². The van der Waals surface area contributed by atoms with Crippen LogP contribution in [0.25, 0.3) is 0 Å². The van der Waals surface area contributed by atoms with Crippen LogP contribution in [-0.4, -0.2) is 5.75 Å². The fraction of sp³-hybridized carbons (Fsp3) is 0.143. The van der Waals surface area contributed by atoms with Crippen LogP contribution in [0.15, 0.2) is 48.5 Å². The first-order chi connectivity index (χ1) is 13.9. The number of ether oxygens (including phenoxy) is 1. The van der Waals surface area contributed by atoms with Gasteiger partial charge in [-0.3, -0.25) is 0 Å². The summed E-state index contributed by atoms with van der Waals surface area (Å²) in [6.07, 6.45) is 0. The second kappa shape index (κ2) is 9.53. The van der Waals surface area contributed by atoms with Crippen molar-refractivity contribution < 1.29 is 13.5 Å². The molecular formula is C21H20F2IN3OS. The first kappa shape index (κ1) is 21.5. The number of anilines is 4. The molecule has 0 aliphatic heterocycles. The summed E-state index contributed by atoms with van der Waals surface area (Å²) < 4.78 is 38.3. The lowest BCUT2D eigenvalue weighted by atomic mass is 10.2. The van der Waals surface area contributed by atoms with Crippen molar-refractivity contribution in [2.75, 3.05) is 21.5 Å². The molecule has 0 saturated carbocycles. The third-order valence-electron chi connectivity index (χ3n) is 4.14. The molecular weight excluding hydrogens is 507 g/mol. The number of halogens is 3. The fourth-order valence-corrected chi connectivity index (χ4v) is 3.59. The molecule has 0 radical (unpaired) electrons. The third-order valence-corrected chi connectivity index (χ3v) is 5.46. The smallest absolute Gasteiger partial charge is 0.155 e. The predicted octanol–water partition coefficient (Wildman–Crippen LogP) is 7.08. The van der Waals surface area contributed by atoms with Crippen LogP contribution in [0.2, 0.25) is 0 Å². The van der Waals surface area contributed by atoms with Gasteiger partial charge < -0.3 is 20.5 Å². The van der Waals surface area contributed by atoms with E-state index < -0.39 is 11.6 Å². The Labute approximate surface area is 186 Å². The molecule has 29 heavy (non-hydrogen) atoms. The number of nitrogens with one attached hydrogen (secondary N) is 2. The van der Waals surface area contributed by atoms with Crippen molar-refractivity contribution >= 4 is 57.3 Å². The van der Waals surface area contributed by atoms with E-state index >= 15 is 0 Å². The normalized spacial score (nSPS) is 10.7. The lowest BCUT2D eigenvalue weighted by molar-refractivity contribution is 0.476. The van der Waals surface area contributed by atoms with Crippen LogP contribution in [0.3, 0.4) is 0 Å². The van der Waals surface area contributed by atoms with Gasteiger partial charge in [0.1, 0.15) is 17.4 Å². The Morgan fingerprint density at radius 2 is 1.83 bits per heavy atom. The molecule has 0 saturated heterocycles. The van der Waals surface area contributed by atoms with Gasteiger partial charge >= 0.3 is 0 Å². The first-order valence-electron chi connectivity index (χ1n) is 8.85. The summed E-state index contributed by atoms with van der Waals surface area (Å²) in [5.74, 6) is 0.616. The summed E-state index contributed by atoms with van der Waals surface area (Å²) in [5.41, 5.74) is 8.59. The molecule has 0 amide bonds. The lowest BCUT2D eigenvalue weighted by Crippen LogP contribution is -2.02. The number of nitrogens with two attached hydrogens (primary N) is 1. The molecule has 3 rings (SSSR count). The number of benzene rings is 3. The van der Waals surface area contributed by atoms with Crippen molar-refractivity contribution in [1.82, 2.24) is 0 Å². The van der Waals surface area contributed by atoms with Gasteiger partial charge in [-0.25, -0.2) is 8.78 Å². The number of rotatable bonds is 7. The summed E-state index contributed by atoms with van der Waals surface area (Å²) in [6.45, 7) is 3.95. The van der Waals surface area contributed by atoms with E-state index in [0.29, 0.717) is 5.75 Å². The molecule has 4 nitrogen and oxygen atoms in total. The fourth-order valence-electron chi connectivity index (χ4n) is 2.62. The van der Waals surface area contributed by atoms with E-state index in [1.165, 1.54) is 18.2 Å². The highest BCUT2D eigenvalue weighted by atomic mass is 127. The van der Waals surface area contributed by atoms with Crippen LogP contribution in [0.1, 0.15) is 12.5 Å². The summed E-state index contributed by atoms with van der Waals surface area (Å²) in [6, 6.07) is 12.7. The average molecular weight is 527 g/mol. The molecule has 0 heterocycles. The Kier molecular flexibility index (Phi) is 7.07. The van der Waals surface area contributed by atoms with Crippen molar-refractivity contribution in [3.8, 4) is 11.5 Å². The molecule has 0 spiro atoms. The highest BCUT2D eigenvalue weighted by molar-refractivity contribution is 14.1. The molecule has 3 aromatic carbocycles. The zero-order valence-corrected chi connectivity index (χ0v) is 18.8. The van der Waals surface area contributed by atoms with Crippen molar-refractivity contribution in [3.05, 3.63) is 69.3 Å². The molecule has 152 valence electrons. The van der Waals surface area contributed by atoms with E-state index in [1.807, 2.05) is 48.6 Å². The van der Waals surface area contributed by atoms with Gasteiger partial charge in [0.25, 0.3) is 0 Å². The molecule has 0 fully saturated rings. The minimum Gasteiger partial charge on any atom is -0.455 e. The van der Waals surface area contributed by atoms with Gasteiger partial charge in [-0.1, -0.05) is 24.9 Å². The molecule has 0 aliphatic carbocycles. The van der Waals surface area contributed by atoms with Crippen molar-refractivity contribution in [1.29, 1.82) is 0 Å².